The third kappa shape index (κ3) is 4.46. The number of amides is 2. The summed E-state index contributed by atoms with van der Waals surface area (Å²) in [6, 6.07) is 12.0. The average molecular weight is 375 g/mol. The number of rotatable bonds is 4. The maximum Gasteiger partial charge on any atom is 0.416 e. The minimum Gasteiger partial charge on any atom is -0.359 e. The summed E-state index contributed by atoms with van der Waals surface area (Å²) < 4.78 is 37.5. The van der Waals surface area contributed by atoms with E-state index in [1.165, 1.54) is 12.1 Å². The molecule has 1 aromatic heterocycles. The van der Waals surface area contributed by atoms with Crippen molar-refractivity contribution in [2.75, 3.05) is 11.9 Å². The first-order valence-corrected chi connectivity index (χ1v) is 8.16. The zero-order valence-electron chi connectivity index (χ0n) is 14.1. The summed E-state index contributed by atoms with van der Waals surface area (Å²) in [4.78, 5) is 26.9. The Morgan fingerprint density at radius 2 is 1.67 bits per heavy atom. The van der Waals surface area contributed by atoms with Crippen LogP contribution in [0.3, 0.4) is 0 Å². The average Bonchev–Trinajstić information content (AvgIpc) is 3.04. The second kappa shape index (κ2) is 7.53. The van der Waals surface area contributed by atoms with Gasteiger partial charge in [0.05, 0.1) is 11.3 Å². The van der Waals surface area contributed by atoms with Crippen LogP contribution in [0.1, 0.15) is 11.1 Å². The van der Waals surface area contributed by atoms with Gasteiger partial charge < -0.3 is 15.6 Å². The number of aromatic nitrogens is 1. The van der Waals surface area contributed by atoms with Crippen molar-refractivity contribution >= 4 is 28.4 Å². The van der Waals surface area contributed by atoms with Gasteiger partial charge in [-0.25, -0.2) is 0 Å². The number of fused-ring (bicyclic) bond motifs is 1. The Bertz CT molecular complexity index is 962. The standard InChI is InChI=1S/C19H16F3N3O2/c20-19(21,22)13-7-5-12(6-8-13)9-10-23-17(26)18(27)25-16-11-24-15-4-2-1-3-14(15)16/h1-8,11,24H,9-10H2,(H,23,26)(H,25,27). The molecule has 0 saturated carbocycles. The molecule has 27 heavy (non-hydrogen) atoms. The van der Waals surface area contributed by atoms with Crippen molar-refractivity contribution in [1.82, 2.24) is 10.3 Å². The molecule has 140 valence electrons. The van der Waals surface area contributed by atoms with Crippen LogP contribution in [0.15, 0.2) is 54.7 Å². The number of aromatic amines is 1. The molecule has 0 unspecified atom stereocenters. The van der Waals surface area contributed by atoms with Gasteiger partial charge in [-0.05, 0) is 30.2 Å². The molecule has 0 spiro atoms. The molecule has 0 radical (unpaired) electrons. The molecule has 0 fully saturated rings. The number of hydrogen-bond donors (Lipinski definition) is 3. The van der Waals surface area contributed by atoms with Crippen LogP contribution in [-0.4, -0.2) is 23.3 Å². The van der Waals surface area contributed by atoms with Crippen LogP contribution in [0, 0.1) is 0 Å². The van der Waals surface area contributed by atoms with Crippen molar-refractivity contribution in [1.29, 1.82) is 0 Å². The van der Waals surface area contributed by atoms with Gasteiger partial charge in [-0.15, -0.1) is 0 Å². The topological polar surface area (TPSA) is 74.0 Å². The number of carbonyl (C=O) groups excluding carboxylic acids is 2. The summed E-state index contributed by atoms with van der Waals surface area (Å²) in [7, 11) is 0. The normalized spacial score (nSPS) is 11.4. The van der Waals surface area contributed by atoms with Crippen molar-refractivity contribution in [2.24, 2.45) is 0 Å². The molecule has 2 aromatic carbocycles. The first-order chi connectivity index (χ1) is 12.8. The van der Waals surface area contributed by atoms with Gasteiger partial charge in [0.1, 0.15) is 0 Å². The summed E-state index contributed by atoms with van der Waals surface area (Å²) >= 11 is 0. The predicted octanol–water partition coefficient (Wildman–Crippen LogP) is 3.48. The lowest BCUT2D eigenvalue weighted by Crippen LogP contribution is -2.36. The third-order valence-electron chi connectivity index (χ3n) is 4.02. The zero-order valence-corrected chi connectivity index (χ0v) is 14.1. The zero-order chi connectivity index (χ0) is 19.4. The minimum absolute atomic E-state index is 0.130. The van der Waals surface area contributed by atoms with Crippen molar-refractivity contribution < 1.29 is 22.8 Å². The van der Waals surface area contributed by atoms with Gasteiger partial charge in [0, 0.05) is 23.6 Å². The van der Waals surface area contributed by atoms with Crippen LogP contribution in [0.4, 0.5) is 18.9 Å². The number of para-hydroxylation sites is 1. The highest BCUT2D eigenvalue weighted by Crippen LogP contribution is 2.29. The number of alkyl halides is 3. The van der Waals surface area contributed by atoms with E-state index < -0.39 is 23.6 Å². The van der Waals surface area contributed by atoms with Gasteiger partial charge in [0.25, 0.3) is 0 Å². The maximum absolute atomic E-state index is 12.5. The molecular weight excluding hydrogens is 359 g/mol. The van der Waals surface area contributed by atoms with Crippen molar-refractivity contribution in [2.45, 2.75) is 12.6 Å². The molecule has 3 rings (SSSR count). The van der Waals surface area contributed by atoms with Crippen LogP contribution < -0.4 is 10.6 Å². The Hall–Kier alpha value is -3.29. The molecule has 1 heterocycles. The van der Waals surface area contributed by atoms with Crippen molar-refractivity contribution in [3.8, 4) is 0 Å². The number of H-pyrrole nitrogens is 1. The molecule has 3 N–H and O–H groups in total. The second-order valence-electron chi connectivity index (χ2n) is 5.90. The monoisotopic (exact) mass is 375 g/mol. The van der Waals surface area contributed by atoms with Gasteiger partial charge in [0.15, 0.2) is 0 Å². The van der Waals surface area contributed by atoms with E-state index in [-0.39, 0.29) is 6.54 Å². The van der Waals surface area contributed by atoms with E-state index in [1.54, 1.807) is 6.20 Å². The lowest BCUT2D eigenvalue weighted by Gasteiger charge is -2.08. The van der Waals surface area contributed by atoms with Crippen LogP contribution in [0.5, 0.6) is 0 Å². The molecule has 2 amide bonds. The molecule has 0 bridgehead atoms. The lowest BCUT2D eigenvalue weighted by atomic mass is 10.1. The van der Waals surface area contributed by atoms with Gasteiger partial charge in [-0.3, -0.25) is 9.59 Å². The summed E-state index contributed by atoms with van der Waals surface area (Å²) in [6.45, 7) is 0.130. The number of nitrogens with one attached hydrogen (secondary N) is 3. The number of carbonyl (C=O) groups is 2. The molecule has 0 atom stereocenters. The minimum atomic E-state index is -4.38. The Morgan fingerprint density at radius 3 is 2.37 bits per heavy atom. The first-order valence-electron chi connectivity index (χ1n) is 8.16. The fraction of sp³-hybridized carbons (Fsp3) is 0.158. The highest BCUT2D eigenvalue weighted by Gasteiger charge is 2.29. The SMILES string of the molecule is O=C(NCCc1ccc(C(F)(F)F)cc1)C(=O)Nc1c[nH]c2ccccc12. The maximum atomic E-state index is 12.5. The van der Waals surface area contributed by atoms with Gasteiger partial charge in [-0.2, -0.15) is 13.2 Å². The lowest BCUT2D eigenvalue weighted by molar-refractivity contribution is -0.137. The van der Waals surface area contributed by atoms with Gasteiger partial charge in [0.2, 0.25) is 0 Å². The number of anilines is 1. The molecule has 5 nitrogen and oxygen atoms in total. The number of benzene rings is 2. The summed E-state index contributed by atoms with van der Waals surface area (Å²) in [6.07, 6.45) is -2.48. The molecular formula is C19H16F3N3O2. The van der Waals surface area contributed by atoms with E-state index in [0.717, 1.165) is 23.0 Å². The van der Waals surface area contributed by atoms with E-state index in [0.29, 0.717) is 17.7 Å². The van der Waals surface area contributed by atoms with Crippen molar-refractivity contribution in [3.63, 3.8) is 0 Å². The highest BCUT2D eigenvalue weighted by atomic mass is 19.4. The predicted molar refractivity (Wildman–Crippen MR) is 95.1 cm³/mol. The first kappa shape index (κ1) is 18.5. The van der Waals surface area contributed by atoms with Crippen LogP contribution in [-0.2, 0) is 22.2 Å². The Morgan fingerprint density at radius 1 is 0.963 bits per heavy atom. The molecule has 8 heteroatoms. The molecule has 3 aromatic rings. The second-order valence-corrected chi connectivity index (χ2v) is 5.90. The quantitative estimate of drug-likeness (QED) is 0.611. The smallest absolute Gasteiger partial charge is 0.359 e. The third-order valence-corrected chi connectivity index (χ3v) is 4.02. The van der Waals surface area contributed by atoms with Gasteiger partial charge >= 0.3 is 18.0 Å². The van der Waals surface area contributed by atoms with Crippen LogP contribution in [0.25, 0.3) is 10.9 Å². The van der Waals surface area contributed by atoms with E-state index in [1.807, 2.05) is 24.3 Å². The largest absolute Gasteiger partial charge is 0.416 e. The van der Waals surface area contributed by atoms with Gasteiger partial charge in [-0.1, -0.05) is 30.3 Å². The van der Waals surface area contributed by atoms with Crippen LogP contribution in [0.2, 0.25) is 0 Å². The Balaban J connectivity index is 1.51. The molecule has 0 aliphatic carbocycles. The van der Waals surface area contributed by atoms with E-state index in [9.17, 15) is 22.8 Å². The summed E-state index contributed by atoms with van der Waals surface area (Å²) in [5, 5.41) is 5.76. The van der Waals surface area contributed by atoms with E-state index in [2.05, 4.69) is 15.6 Å². The summed E-state index contributed by atoms with van der Waals surface area (Å²) in [5.74, 6) is -1.63. The van der Waals surface area contributed by atoms with E-state index in [4.69, 9.17) is 0 Å². The number of hydrogen-bond acceptors (Lipinski definition) is 2. The molecule has 0 saturated heterocycles. The van der Waals surface area contributed by atoms with Crippen LogP contribution >= 0.6 is 0 Å². The molecule has 0 aliphatic rings. The summed E-state index contributed by atoms with van der Waals surface area (Å²) in [5.41, 5.74) is 1.22. The number of halogens is 3. The fourth-order valence-electron chi connectivity index (χ4n) is 2.62. The Labute approximate surface area is 152 Å². The van der Waals surface area contributed by atoms with Crippen molar-refractivity contribution in [3.05, 3.63) is 65.9 Å². The molecule has 0 aliphatic heterocycles. The van der Waals surface area contributed by atoms with E-state index >= 15 is 0 Å². The Kier molecular flexibility index (Phi) is 5.16. The highest BCUT2D eigenvalue weighted by molar-refractivity contribution is 6.40. The fourth-order valence-corrected chi connectivity index (χ4v) is 2.62.